The van der Waals surface area contributed by atoms with E-state index >= 15 is 0 Å². The summed E-state index contributed by atoms with van der Waals surface area (Å²) in [6.45, 7) is 5.20. The predicted molar refractivity (Wildman–Crippen MR) is 113 cm³/mol. The van der Waals surface area contributed by atoms with Crippen LogP contribution in [0.5, 0.6) is 0 Å². The highest BCUT2D eigenvalue weighted by molar-refractivity contribution is 6.30. The van der Waals surface area contributed by atoms with Gasteiger partial charge in [-0.2, -0.15) is 4.98 Å². The number of fused-ring (bicyclic) bond motifs is 3. The van der Waals surface area contributed by atoms with Crippen LogP contribution in [0.3, 0.4) is 0 Å². The van der Waals surface area contributed by atoms with Crippen molar-refractivity contribution in [2.45, 2.75) is 27.3 Å². The molecule has 0 spiro atoms. The van der Waals surface area contributed by atoms with Crippen LogP contribution in [0.25, 0.3) is 22.6 Å². The fraction of sp³-hybridized carbons (Fsp3) is 0.300. The van der Waals surface area contributed by atoms with Gasteiger partial charge in [-0.1, -0.05) is 17.7 Å². The molecule has 0 N–H and O–H groups in total. The first-order chi connectivity index (χ1) is 14.2. The highest BCUT2D eigenvalue weighted by atomic mass is 35.5. The van der Waals surface area contributed by atoms with E-state index in [1.165, 1.54) is 11.6 Å². The van der Waals surface area contributed by atoms with E-state index in [-0.39, 0.29) is 17.8 Å². The molecule has 4 aromatic rings. The predicted octanol–water partition coefficient (Wildman–Crippen LogP) is 1.97. The molecule has 0 amide bonds. The van der Waals surface area contributed by atoms with Crippen molar-refractivity contribution in [1.82, 2.24) is 23.1 Å². The van der Waals surface area contributed by atoms with Gasteiger partial charge in [-0.3, -0.25) is 23.1 Å². The second kappa shape index (κ2) is 7.17. The number of carbonyl (C=O) groups excluding carboxylic acids is 1. The van der Waals surface area contributed by atoms with Gasteiger partial charge in [0.1, 0.15) is 6.54 Å². The fourth-order valence-corrected chi connectivity index (χ4v) is 3.77. The Kier molecular flexibility index (Phi) is 4.77. The average molecular weight is 430 g/mol. The van der Waals surface area contributed by atoms with E-state index in [4.69, 9.17) is 16.3 Å². The minimum absolute atomic E-state index is 0.161. The number of ether oxygens (including phenoxy) is 1. The van der Waals surface area contributed by atoms with Crippen molar-refractivity contribution < 1.29 is 9.53 Å². The van der Waals surface area contributed by atoms with Gasteiger partial charge in [0.25, 0.3) is 5.56 Å². The lowest BCUT2D eigenvalue weighted by atomic mass is 10.2. The van der Waals surface area contributed by atoms with E-state index in [1.54, 1.807) is 23.6 Å². The van der Waals surface area contributed by atoms with Crippen LogP contribution in [0.1, 0.15) is 18.2 Å². The molecule has 0 saturated heterocycles. The number of hydrogen-bond donors (Lipinski definition) is 0. The van der Waals surface area contributed by atoms with Gasteiger partial charge in [0.15, 0.2) is 11.2 Å². The minimum Gasteiger partial charge on any atom is -0.465 e. The largest absolute Gasteiger partial charge is 0.465 e. The van der Waals surface area contributed by atoms with Crippen LogP contribution in [0.4, 0.5) is 0 Å². The molecule has 0 bridgehead atoms. The Morgan fingerprint density at radius 1 is 1.23 bits per heavy atom. The Labute approximate surface area is 175 Å². The van der Waals surface area contributed by atoms with E-state index in [0.717, 1.165) is 21.5 Å². The zero-order valence-corrected chi connectivity index (χ0v) is 17.7. The first-order valence-electron chi connectivity index (χ1n) is 9.36. The molecule has 0 saturated carbocycles. The number of rotatable bonds is 4. The minimum atomic E-state index is -0.653. The van der Waals surface area contributed by atoms with Crippen molar-refractivity contribution in [1.29, 1.82) is 0 Å². The molecule has 0 aliphatic rings. The summed E-state index contributed by atoms with van der Waals surface area (Å²) in [5, 5.41) is 0.571. The molecule has 10 heteroatoms. The van der Waals surface area contributed by atoms with Crippen LogP contribution < -0.4 is 11.2 Å². The number of aryl methyl sites for hydroxylation is 3. The summed E-state index contributed by atoms with van der Waals surface area (Å²) in [5.41, 5.74) is 1.82. The van der Waals surface area contributed by atoms with Crippen molar-refractivity contribution in [3.05, 3.63) is 61.5 Å². The first kappa shape index (κ1) is 20.0. The number of halogens is 1. The topological polar surface area (TPSA) is 92.5 Å². The smallest absolute Gasteiger partial charge is 0.333 e. The highest BCUT2D eigenvalue weighted by Crippen LogP contribution is 2.25. The van der Waals surface area contributed by atoms with Gasteiger partial charge in [0.05, 0.1) is 12.3 Å². The van der Waals surface area contributed by atoms with Gasteiger partial charge in [-0.15, -0.1) is 0 Å². The standard InChI is InChI=1S/C20H20ClN5O4/c1-5-30-15(27)10-25-18(28)16-17(23(4)20(25)29)22-19-24(16)9-12(3)26(19)14-8-13(21)7-6-11(14)2/h6-9H,5,10H2,1-4H3. The molecule has 0 aliphatic heterocycles. The normalized spacial score (nSPS) is 11.5. The second-order valence-corrected chi connectivity index (χ2v) is 7.47. The number of aromatic nitrogens is 5. The first-order valence-corrected chi connectivity index (χ1v) is 9.74. The third-order valence-electron chi connectivity index (χ3n) is 5.03. The zero-order valence-electron chi connectivity index (χ0n) is 17.0. The Morgan fingerprint density at radius 2 is 1.97 bits per heavy atom. The second-order valence-electron chi connectivity index (χ2n) is 7.03. The molecule has 0 atom stereocenters. The molecule has 0 unspecified atom stereocenters. The molecule has 0 radical (unpaired) electrons. The third kappa shape index (κ3) is 2.93. The summed E-state index contributed by atoms with van der Waals surface area (Å²) in [4.78, 5) is 42.3. The number of carbonyl (C=O) groups is 1. The van der Waals surface area contributed by atoms with Crippen molar-refractivity contribution in [3.8, 4) is 5.69 Å². The summed E-state index contributed by atoms with van der Waals surface area (Å²) in [5.74, 6) is -0.186. The van der Waals surface area contributed by atoms with E-state index in [2.05, 4.69) is 4.98 Å². The monoisotopic (exact) mass is 429 g/mol. The number of benzene rings is 1. The van der Waals surface area contributed by atoms with Gasteiger partial charge >= 0.3 is 11.7 Å². The van der Waals surface area contributed by atoms with Crippen LogP contribution in [-0.4, -0.2) is 35.7 Å². The highest BCUT2D eigenvalue weighted by Gasteiger charge is 2.22. The Balaban J connectivity index is 2.06. The summed E-state index contributed by atoms with van der Waals surface area (Å²) in [6.07, 6.45) is 1.77. The van der Waals surface area contributed by atoms with Crippen LogP contribution in [0, 0.1) is 13.8 Å². The molecule has 30 heavy (non-hydrogen) atoms. The summed E-state index contributed by atoms with van der Waals surface area (Å²) < 4.78 is 10.5. The summed E-state index contributed by atoms with van der Waals surface area (Å²) >= 11 is 6.20. The maximum atomic E-state index is 13.1. The molecule has 3 aromatic heterocycles. The quantitative estimate of drug-likeness (QED) is 0.462. The van der Waals surface area contributed by atoms with Crippen molar-refractivity contribution in [2.75, 3.05) is 6.61 Å². The van der Waals surface area contributed by atoms with E-state index in [0.29, 0.717) is 10.8 Å². The SMILES string of the molecule is CCOC(=O)Cn1c(=O)c2c(nc3n(-c4cc(Cl)ccc4C)c(C)cn23)n(C)c1=O. The van der Waals surface area contributed by atoms with E-state index in [1.807, 2.05) is 30.5 Å². The van der Waals surface area contributed by atoms with Gasteiger partial charge < -0.3 is 4.74 Å². The Morgan fingerprint density at radius 3 is 2.67 bits per heavy atom. The van der Waals surface area contributed by atoms with Gasteiger partial charge in [0.2, 0.25) is 5.78 Å². The number of esters is 1. The summed E-state index contributed by atoms with van der Waals surface area (Å²) in [6, 6.07) is 5.52. The van der Waals surface area contributed by atoms with E-state index < -0.39 is 23.8 Å². The lowest BCUT2D eigenvalue weighted by Crippen LogP contribution is -2.41. The maximum Gasteiger partial charge on any atom is 0.333 e. The number of hydrogen-bond acceptors (Lipinski definition) is 5. The molecule has 0 aliphatic carbocycles. The molecule has 3 heterocycles. The average Bonchev–Trinajstić information content (AvgIpc) is 3.20. The van der Waals surface area contributed by atoms with Crippen LogP contribution >= 0.6 is 11.6 Å². The third-order valence-corrected chi connectivity index (χ3v) is 5.27. The Bertz CT molecular complexity index is 1440. The molecule has 1 aromatic carbocycles. The zero-order chi connectivity index (χ0) is 21.7. The molecule has 9 nitrogen and oxygen atoms in total. The van der Waals surface area contributed by atoms with Crippen molar-refractivity contribution >= 4 is 34.5 Å². The van der Waals surface area contributed by atoms with Gasteiger partial charge in [0, 0.05) is 24.0 Å². The summed E-state index contributed by atoms with van der Waals surface area (Å²) in [7, 11) is 1.51. The molecule has 4 rings (SSSR count). The van der Waals surface area contributed by atoms with Crippen molar-refractivity contribution in [2.24, 2.45) is 7.05 Å². The number of nitrogens with zero attached hydrogens (tertiary/aromatic N) is 5. The van der Waals surface area contributed by atoms with Crippen molar-refractivity contribution in [3.63, 3.8) is 0 Å². The molecule has 0 fully saturated rings. The van der Waals surface area contributed by atoms with Gasteiger partial charge in [-0.25, -0.2) is 9.36 Å². The Hall–Kier alpha value is -3.33. The van der Waals surface area contributed by atoms with Gasteiger partial charge in [-0.05, 0) is 38.5 Å². The lowest BCUT2D eigenvalue weighted by molar-refractivity contribution is -0.143. The van der Waals surface area contributed by atoms with E-state index in [9.17, 15) is 14.4 Å². The van der Waals surface area contributed by atoms with Crippen LogP contribution in [-0.2, 0) is 23.1 Å². The molecule has 156 valence electrons. The maximum absolute atomic E-state index is 13.1. The molecular weight excluding hydrogens is 410 g/mol. The number of imidazole rings is 2. The van der Waals surface area contributed by atoms with Crippen LogP contribution in [0.2, 0.25) is 5.02 Å². The fourth-order valence-electron chi connectivity index (χ4n) is 3.61. The molecular formula is C20H20ClN5O4. The van der Waals surface area contributed by atoms with Crippen LogP contribution in [0.15, 0.2) is 34.0 Å². The lowest BCUT2D eigenvalue weighted by Gasteiger charge is -2.10.